The summed E-state index contributed by atoms with van der Waals surface area (Å²) in [4.78, 5) is 2.25. The molecule has 1 heterocycles. The lowest BCUT2D eigenvalue weighted by molar-refractivity contribution is 0.282. The van der Waals surface area contributed by atoms with Crippen molar-refractivity contribution in [1.82, 2.24) is 0 Å². The van der Waals surface area contributed by atoms with Gasteiger partial charge in [0.1, 0.15) is 11.6 Å². The van der Waals surface area contributed by atoms with Crippen LogP contribution in [-0.2, 0) is 6.61 Å². The van der Waals surface area contributed by atoms with Crippen molar-refractivity contribution in [3.8, 4) is 5.75 Å². The van der Waals surface area contributed by atoms with Crippen LogP contribution in [0, 0.1) is 5.82 Å². The highest BCUT2D eigenvalue weighted by atomic mass is 19.1. The number of rotatable bonds is 3. The number of para-hydroxylation sites is 1. The second kappa shape index (κ2) is 8.69. The second-order valence-electron chi connectivity index (χ2n) is 5.75. The molecule has 1 fully saturated rings. The summed E-state index contributed by atoms with van der Waals surface area (Å²) in [6, 6.07) is 12.3. The summed E-state index contributed by atoms with van der Waals surface area (Å²) >= 11 is 0. The average Bonchev–Trinajstić information content (AvgIpc) is 2.64. The minimum absolute atomic E-state index is 0.0304. The Morgan fingerprint density at radius 2 is 1.75 bits per heavy atom. The van der Waals surface area contributed by atoms with Crippen molar-refractivity contribution in [3.05, 3.63) is 59.4 Å². The van der Waals surface area contributed by atoms with Gasteiger partial charge in [0.15, 0.2) is 0 Å². The summed E-state index contributed by atoms with van der Waals surface area (Å²) < 4.78 is 14.0. The molecule has 3 nitrogen and oxygen atoms in total. The van der Waals surface area contributed by atoms with Gasteiger partial charge in [0.2, 0.25) is 0 Å². The average molecular weight is 331 g/mol. The number of hydrogen-bond acceptors (Lipinski definition) is 3. The Hall–Kier alpha value is -2.07. The first-order chi connectivity index (χ1) is 11.7. The lowest BCUT2D eigenvalue weighted by Crippen LogP contribution is -2.33. The molecule has 0 aliphatic carbocycles. The highest BCUT2D eigenvalue weighted by molar-refractivity contribution is 5.53. The zero-order chi connectivity index (χ0) is 17.5. The second-order valence-corrected chi connectivity index (χ2v) is 5.75. The largest absolute Gasteiger partial charge is 0.508 e. The molecular formula is C20H26FNO2. The molecule has 2 aromatic rings. The van der Waals surface area contributed by atoms with Gasteiger partial charge in [-0.15, -0.1) is 0 Å². The Kier molecular flexibility index (Phi) is 6.62. The monoisotopic (exact) mass is 331 g/mol. The fourth-order valence-corrected chi connectivity index (χ4v) is 3.23. The maximum absolute atomic E-state index is 14.0. The maximum Gasteiger partial charge on any atom is 0.130 e. The Bertz CT molecular complexity index is 652. The number of hydrogen-bond donors (Lipinski definition) is 2. The van der Waals surface area contributed by atoms with Crippen LogP contribution in [0.1, 0.15) is 43.7 Å². The molecule has 24 heavy (non-hydrogen) atoms. The molecule has 0 atom stereocenters. The number of anilines is 1. The Balaban J connectivity index is 0.00000100. The van der Waals surface area contributed by atoms with Crippen LogP contribution in [0.4, 0.5) is 10.1 Å². The normalized spacial score (nSPS) is 14.9. The standard InChI is InChI=1S/C18H20FNO2.C2H6/c19-17-11-15(22)5-6-16(17)13-7-9-20(10-8-13)18-4-2-1-3-14(18)12-21;1-2/h1-6,11,13,21-22H,7-10,12H2;1-2H3. The van der Waals surface area contributed by atoms with Gasteiger partial charge in [-0.25, -0.2) is 4.39 Å². The third kappa shape index (κ3) is 4.06. The summed E-state index contributed by atoms with van der Waals surface area (Å²) in [6.07, 6.45) is 1.73. The fraction of sp³-hybridized carbons (Fsp3) is 0.400. The summed E-state index contributed by atoms with van der Waals surface area (Å²) in [7, 11) is 0. The molecule has 0 bridgehead atoms. The molecule has 0 saturated carbocycles. The van der Waals surface area contributed by atoms with Crippen molar-refractivity contribution in [2.45, 2.75) is 39.2 Å². The van der Waals surface area contributed by atoms with Crippen molar-refractivity contribution in [2.75, 3.05) is 18.0 Å². The van der Waals surface area contributed by atoms with Crippen LogP contribution in [0.3, 0.4) is 0 Å². The topological polar surface area (TPSA) is 43.7 Å². The minimum Gasteiger partial charge on any atom is -0.508 e. The summed E-state index contributed by atoms with van der Waals surface area (Å²) in [5, 5.41) is 18.8. The van der Waals surface area contributed by atoms with Gasteiger partial charge in [-0.05, 0) is 36.5 Å². The lowest BCUT2D eigenvalue weighted by atomic mass is 9.88. The number of nitrogens with zero attached hydrogens (tertiary/aromatic N) is 1. The molecule has 2 aromatic carbocycles. The van der Waals surface area contributed by atoms with Crippen molar-refractivity contribution >= 4 is 5.69 Å². The van der Waals surface area contributed by atoms with Crippen LogP contribution in [-0.4, -0.2) is 23.3 Å². The van der Waals surface area contributed by atoms with Crippen LogP contribution in [0.2, 0.25) is 0 Å². The van der Waals surface area contributed by atoms with Gasteiger partial charge < -0.3 is 15.1 Å². The molecule has 130 valence electrons. The minimum atomic E-state index is -0.325. The van der Waals surface area contributed by atoms with Gasteiger partial charge in [-0.3, -0.25) is 0 Å². The Labute approximate surface area is 143 Å². The van der Waals surface area contributed by atoms with Crippen molar-refractivity contribution in [1.29, 1.82) is 0 Å². The van der Waals surface area contributed by atoms with Crippen LogP contribution < -0.4 is 4.90 Å². The molecule has 0 spiro atoms. The lowest BCUT2D eigenvalue weighted by Gasteiger charge is -2.35. The van der Waals surface area contributed by atoms with E-state index in [0.29, 0.717) is 5.56 Å². The number of aromatic hydroxyl groups is 1. The van der Waals surface area contributed by atoms with E-state index in [2.05, 4.69) is 4.90 Å². The highest BCUT2D eigenvalue weighted by Gasteiger charge is 2.24. The van der Waals surface area contributed by atoms with Gasteiger partial charge in [0.05, 0.1) is 6.61 Å². The molecule has 1 saturated heterocycles. The van der Waals surface area contributed by atoms with Gasteiger partial charge in [0.25, 0.3) is 0 Å². The molecule has 1 aliphatic heterocycles. The molecule has 2 N–H and O–H groups in total. The SMILES string of the molecule is CC.OCc1ccccc1N1CCC(c2ccc(O)cc2F)CC1. The molecule has 0 unspecified atom stereocenters. The van der Waals surface area contributed by atoms with Gasteiger partial charge in [-0.1, -0.05) is 38.1 Å². The Morgan fingerprint density at radius 3 is 2.38 bits per heavy atom. The van der Waals surface area contributed by atoms with E-state index in [9.17, 15) is 14.6 Å². The zero-order valence-electron chi connectivity index (χ0n) is 14.4. The number of phenols is 1. The van der Waals surface area contributed by atoms with Gasteiger partial charge in [0, 0.05) is 30.4 Å². The molecule has 3 rings (SSSR count). The van der Waals surface area contributed by atoms with E-state index in [0.717, 1.165) is 37.2 Å². The Morgan fingerprint density at radius 1 is 1.08 bits per heavy atom. The number of phenolic OH excluding ortho intramolecular Hbond substituents is 1. The summed E-state index contributed by atoms with van der Waals surface area (Å²) in [5.41, 5.74) is 2.68. The predicted octanol–water partition coefficient (Wildman–Crippen LogP) is 4.43. The van der Waals surface area contributed by atoms with E-state index in [4.69, 9.17) is 0 Å². The van der Waals surface area contributed by atoms with E-state index in [1.54, 1.807) is 12.1 Å². The molecule has 0 aromatic heterocycles. The third-order valence-electron chi connectivity index (χ3n) is 4.42. The summed E-state index contributed by atoms with van der Waals surface area (Å²) in [6.45, 7) is 5.70. The number of aliphatic hydroxyl groups excluding tert-OH is 1. The predicted molar refractivity (Wildman–Crippen MR) is 96.0 cm³/mol. The van der Waals surface area contributed by atoms with Crippen molar-refractivity contribution in [2.24, 2.45) is 0 Å². The van der Waals surface area contributed by atoms with E-state index in [1.165, 1.54) is 6.07 Å². The zero-order valence-corrected chi connectivity index (χ0v) is 14.4. The number of halogens is 1. The molecule has 0 amide bonds. The number of piperidine rings is 1. The van der Waals surface area contributed by atoms with Crippen LogP contribution in [0.15, 0.2) is 42.5 Å². The molecular weight excluding hydrogens is 305 g/mol. The third-order valence-corrected chi connectivity index (χ3v) is 4.42. The van der Waals surface area contributed by atoms with Crippen molar-refractivity contribution in [3.63, 3.8) is 0 Å². The molecule has 1 aliphatic rings. The number of benzene rings is 2. The van der Waals surface area contributed by atoms with Crippen LogP contribution in [0.25, 0.3) is 0 Å². The van der Waals surface area contributed by atoms with E-state index < -0.39 is 0 Å². The van der Waals surface area contributed by atoms with Crippen LogP contribution >= 0.6 is 0 Å². The van der Waals surface area contributed by atoms with E-state index in [-0.39, 0.29) is 24.1 Å². The number of aliphatic hydroxyl groups is 1. The first kappa shape index (κ1) is 18.3. The van der Waals surface area contributed by atoms with E-state index >= 15 is 0 Å². The highest BCUT2D eigenvalue weighted by Crippen LogP contribution is 2.33. The van der Waals surface area contributed by atoms with Crippen LogP contribution in [0.5, 0.6) is 5.75 Å². The fourth-order valence-electron chi connectivity index (χ4n) is 3.23. The summed E-state index contributed by atoms with van der Waals surface area (Å²) in [5.74, 6) is -0.178. The maximum atomic E-state index is 14.0. The van der Waals surface area contributed by atoms with Crippen molar-refractivity contribution < 1.29 is 14.6 Å². The van der Waals surface area contributed by atoms with Gasteiger partial charge >= 0.3 is 0 Å². The molecule has 0 radical (unpaired) electrons. The smallest absolute Gasteiger partial charge is 0.130 e. The molecule has 4 heteroatoms. The van der Waals surface area contributed by atoms with Gasteiger partial charge in [-0.2, -0.15) is 0 Å². The quantitative estimate of drug-likeness (QED) is 0.874. The van der Waals surface area contributed by atoms with E-state index in [1.807, 2.05) is 38.1 Å². The first-order valence-corrected chi connectivity index (χ1v) is 8.61. The first-order valence-electron chi connectivity index (χ1n) is 8.61.